The number of hydrogen-bond donors (Lipinski definition) is 2. The maximum absolute atomic E-state index is 13.8. The average molecular weight is 448 g/mol. The van der Waals surface area contributed by atoms with E-state index < -0.39 is 17.7 Å². The molecule has 1 aromatic heterocycles. The normalized spacial score (nSPS) is 27.2. The second-order valence-electron chi connectivity index (χ2n) is 9.72. The first-order chi connectivity index (χ1) is 15.9. The summed E-state index contributed by atoms with van der Waals surface area (Å²) in [5.41, 5.74) is 2.48. The van der Waals surface area contributed by atoms with Crippen LogP contribution in [0.1, 0.15) is 55.9 Å². The molecule has 0 bridgehead atoms. The molecule has 1 aliphatic carbocycles. The zero-order chi connectivity index (χ0) is 23.2. The van der Waals surface area contributed by atoms with E-state index in [9.17, 15) is 9.90 Å². The highest BCUT2D eigenvalue weighted by molar-refractivity contribution is 6.97. The summed E-state index contributed by atoms with van der Waals surface area (Å²) in [7, 11) is 2.75. The van der Waals surface area contributed by atoms with Crippen molar-refractivity contribution in [2.75, 3.05) is 6.54 Å². The van der Waals surface area contributed by atoms with E-state index in [1.807, 2.05) is 39.8 Å². The third-order valence-corrected chi connectivity index (χ3v) is 7.11. The number of β-amino-alcohol motifs (C(OH)–C–C–N with tert-alkyl or cyclic N) is 1. The van der Waals surface area contributed by atoms with Gasteiger partial charge in [-0.1, -0.05) is 48.4 Å². The molecular weight excluding hydrogens is 418 g/mol. The first-order valence-corrected chi connectivity index (χ1v) is 12.0. The topological polar surface area (TPSA) is 100 Å². The van der Waals surface area contributed by atoms with Crippen molar-refractivity contribution >= 4 is 32.2 Å². The second kappa shape index (κ2) is 8.56. The van der Waals surface area contributed by atoms with Gasteiger partial charge in [0.1, 0.15) is 18.8 Å². The number of fused-ring (bicyclic) bond motifs is 2. The number of amidine groups is 1. The number of hydrogen-bond acceptors (Lipinski definition) is 7. The number of carbonyl (C=O) groups excluding carboxylic acids is 1. The van der Waals surface area contributed by atoms with Crippen molar-refractivity contribution in [3.8, 4) is 0 Å². The highest BCUT2D eigenvalue weighted by atomic mass is 16.7. The van der Waals surface area contributed by atoms with Gasteiger partial charge < -0.3 is 24.7 Å². The fourth-order valence-electron chi connectivity index (χ4n) is 5.42. The summed E-state index contributed by atoms with van der Waals surface area (Å²) in [6.45, 7) is 4.26. The minimum absolute atomic E-state index is 0.0137. The van der Waals surface area contributed by atoms with Gasteiger partial charge in [-0.2, -0.15) is 0 Å². The number of benzene rings is 1. The summed E-state index contributed by atoms with van der Waals surface area (Å²) in [5, 5.41) is 22.5. The molecule has 4 atom stereocenters. The van der Waals surface area contributed by atoms with Crippen molar-refractivity contribution in [2.45, 2.75) is 63.3 Å². The third kappa shape index (κ3) is 3.84. The number of aliphatic hydroxyl groups is 1. The molecule has 5 rings (SSSR count). The summed E-state index contributed by atoms with van der Waals surface area (Å²) < 4.78 is 5.55. The Bertz CT molecular complexity index is 1070. The Morgan fingerprint density at radius 1 is 1.39 bits per heavy atom. The van der Waals surface area contributed by atoms with Crippen molar-refractivity contribution in [1.82, 2.24) is 15.4 Å². The molecule has 4 unspecified atom stereocenters. The molecule has 1 fully saturated rings. The molecule has 1 amide bonds. The van der Waals surface area contributed by atoms with Gasteiger partial charge in [-0.05, 0) is 30.4 Å². The lowest BCUT2D eigenvalue weighted by Gasteiger charge is -2.35. The molecule has 2 aromatic rings. The molecule has 3 aliphatic rings. The minimum atomic E-state index is -0.704. The number of nitrogens with zero attached hydrogens (tertiary/aromatic N) is 3. The monoisotopic (exact) mass is 448 g/mol. The fourth-order valence-corrected chi connectivity index (χ4v) is 5.42. The van der Waals surface area contributed by atoms with Crippen molar-refractivity contribution in [3.63, 3.8) is 0 Å². The van der Waals surface area contributed by atoms with Crippen LogP contribution in [0.5, 0.6) is 0 Å². The predicted octanol–water partition coefficient (Wildman–Crippen LogP) is 0.109. The molecule has 33 heavy (non-hydrogen) atoms. The van der Waals surface area contributed by atoms with Gasteiger partial charge in [-0.3, -0.25) is 4.79 Å². The van der Waals surface area contributed by atoms with Gasteiger partial charge in [-0.25, -0.2) is 0 Å². The number of oxime groups is 1. The summed E-state index contributed by atoms with van der Waals surface area (Å²) >= 11 is 0. The summed E-state index contributed by atoms with van der Waals surface area (Å²) in [4.78, 5) is 21.5. The van der Waals surface area contributed by atoms with E-state index in [0.29, 0.717) is 18.0 Å². The van der Waals surface area contributed by atoms with Gasteiger partial charge in [0.25, 0.3) is 0 Å². The largest absolute Gasteiger partial charge is 0.391 e. The molecular formula is C23H30B2N4O4. The summed E-state index contributed by atoms with van der Waals surface area (Å²) in [6.07, 6.45) is 2.60. The lowest BCUT2D eigenvalue weighted by Crippen LogP contribution is -2.52. The summed E-state index contributed by atoms with van der Waals surface area (Å²) in [5.74, 6) is 0.630. The van der Waals surface area contributed by atoms with Crippen LogP contribution >= 0.6 is 0 Å². The maximum atomic E-state index is 13.8. The van der Waals surface area contributed by atoms with Gasteiger partial charge in [-0.15, -0.1) is 0 Å². The van der Waals surface area contributed by atoms with E-state index in [1.165, 1.54) is 5.56 Å². The Morgan fingerprint density at radius 3 is 2.97 bits per heavy atom. The number of amides is 1. The van der Waals surface area contributed by atoms with Crippen molar-refractivity contribution in [1.29, 1.82) is 0 Å². The van der Waals surface area contributed by atoms with Crippen LogP contribution in [0.3, 0.4) is 0 Å². The van der Waals surface area contributed by atoms with E-state index >= 15 is 0 Å². The standard InChI is InChI=1S/C23H30B2N4O4/c1-13(2)20(18-11-19(25-24)27-32-18)22(31)29-12-15(30)10-17(29)21-26-23(33-28-21)9-5-7-14-6-3-4-8-16(14)23/h3-4,6,8,11,13,15,17,20,25,30H,5,7,9-10,12,24H2,1-2H3,(H,26,28). The molecule has 3 heterocycles. The number of aryl methyl sites for hydroxylation is 1. The van der Waals surface area contributed by atoms with Crippen LogP contribution in [-0.2, 0) is 21.8 Å². The van der Waals surface area contributed by atoms with Crippen LogP contribution in [0.2, 0.25) is 0 Å². The number of rotatable bonds is 5. The second-order valence-corrected chi connectivity index (χ2v) is 9.72. The molecule has 1 aromatic carbocycles. The fraction of sp³-hybridized carbons (Fsp3) is 0.522. The number of carbonyl (C=O) groups is 1. The van der Waals surface area contributed by atoms with Gasteiger partial charge in [0.15, 0.2) is 5.84 Å². The molecule has 8 nitrogen and oxygen atoms in total. The Morgan fingerprint density at radius 2 is 2.21 bits per heavy atom. The highest BCUT2D eigenvalue weighted by Gasteiger charge is 2.49. The van der Waals surface area contributed by atoms with Crippen molar-refractivity contribution in [3.05, 3.63) is 47.2 Å². The minimum Gasteiger partial charge on any atom is -0.391 e. The zero-order valence-corrected chi connectivity index (χ0v) is 19.5. The predicted molar refractivity (Wildman–Crippen MR) is 128 cm³/mol. The zero-order valence-electron chi connectivity index (χ0n) is 19.5. The quantitative estimate of drug-likeness (QED) is 0.631. The van der Waals surface area contributed by atoms with E-state index in [0.717, 1.165) is 37.6 Å². The van der Waals surface area contributed by atoms with Crippen LogP contribution in [0.4, 0.5) is 0 Å². The SMILES string of the molecule is BBc1cc(C(C(=O)N2CC(O)CC2C2=NOC3(CCCc4ccccc43)N2)C(C)C)on1. The molecule has 0 saturated carbocycles. The smallest absolute Gasteiger partial charge is 0.234 e. The van der Waals surface area contributed by atoms with Gasteiger partial charge in [0.05, 0.1) is 19.9 Å². The van der Waals surface area contributed by atoms with E-state index in [-0.39, 0.29) is 24.4 Å². The van der Waals surface area contributed by atoms with Crippen LogP contribution in [0.15, 0.2) is 40.0 Å². The molecule has 2 aliphatic heterocycles. The molecule has 0 radical (unpaired) electrons. The van der Waals surface area contributed by atoms with E-state index in [4.69, 9.17) is 9.36 Å². The first kappa shape index (κ1) is 22.1. The van der Waals surface area contributed by atoms with Crippen LogP contribution < -0.4 is 10.9 Å². The Balaban J connectivity index is 1.40. The van der Waals surface area contributed by atoms with E-state index in [2.05, 4.69) is 27.8 Å². The molecule has 2 N–H and O–H groups in total. The molecule has 1 spiro atoms. The van der Waals surface area contributed by atoms with Crippen LogP contribution in [-0.4, -0.2) is 60.5 Å². The van der Waals surface area contributed by atoms with Gasteiger partial charge in [0, 0.05) is 30.5 Å². The molecule has 172 valence electrons. The Labute approximate surface area is 195 Å². The van der Waals surface area contributed by atoms with Crippen molar-refractivity contribution < 1.29 is 19.3 Å². The first-order valence-electron chi connectivity index (χ1n) is 12.0. The molecule has 10 heteroatoms. The number of nitrogens with one attached hydrogen (secondary N) is 1. The number of aliphatic hydroxyl groups excluding tert-OH is 1. The lowest BCUT2D eigenvalue weighted by molar-refractivity contribution is -0.134. The van der Waals surface area contributed by atoms with E-state index in [1.54, 1.807) is 4.90 Å². The maximum Gasteiger partial charge on any atom is 0.234 e. The Kier molecular flexibility index (Phi) is 5.72. The van der Waals surface area contributed by atoms with Gasteiger partial charge >= 0.3 is 0 Å². The number of likely N-dealkylation sites (tertiary alicyclic amines) is 1. The lowest BCUT2D eigenvalue weighted by atomic mass is 9.53. The Hall–Kier alpha value is -2.74. The van der Waals surface area contributed by atoms with Crippen LogP contribution in [0, 0.1) is 5.92 Å². The molecule has 1 saturated heterocycles. The number of aromatic nitrogens is 1. The average Bonchev–Trinajstić information content (AvgIpc) is 3.53. The van der Waals surface area contributed by atoms with Crippen molar-refractivity contribution in [2.24, 2.45) is 11.1 Å². The third-order valence-electron chi connectivity index (χ3n) is 7.11. The van der Waals surface area contributed by atoms with Gasteiger partial charge in [0.2, 0.25) is 11.6 Å². The summed E-state index contributed by atoms with van der Waals surface area (Å²) in [6, 6.07) is 9.75. The highest BCUT2D eigenvalue weighted by Crippen LogP contribution is 2.40. The van der Waals surface area contributed by atoms with Crippen LogP contribution in [0.25, 0.3) is 0 Å².